The first-order chi connectivity index (χ1) is 18.4. The molecule has 0 radical (unpaired) electrons. The van der Waals surface area contributed by atoms with E-state index in [0.29, 0.717) is 0 Å². The molecule has 2 rings (SSSR count). The fraction of sp³-hybridized carbons (Fsp3) is 0.735. The van der Waals surface area contributed by atoms with E-state index in [-0.39, 0.29) is 0 Å². The Hall–Kier alpha value is -1.22. The lowest BCUT2D eigenvalue weighted by Crippen LogP contribution is -2.33. The predicted octanol–water partition coefficient (Wildman–Crippen LogP) is 11.0. The van der Waals surface area contributed by atoms with Crippen LogP contribution >= 0.6 is 11.8 Å². The maximum absolute atomic E-state index is 2.49. The lowest BCUT2D eigenvalue weighted by atomic mass is 10.0. The minimum absolute atomic E-state index is 1.06. The molecule has 0 fully saturated rings. The molecule has 0 unspecified atom stereocenters. The number of imidazole rings is 1. The Bertz CT molecular complexity index is 754. The monoisotopic (exact) mass is 527 g/mol. The third-order valence-electron chi connectivity index (χ3n) is 7.63. The number of unbranched alkanes of at least 4 members (excludes halogenated alkanes) is 18. The van der Waals surface area contributed by atoms with Gasteiger partial charge in [0.2, 0.25) is 0 Å². The molecule has 210 valence electrons. The molecule has 0 aliphatic carbocycles. The first kappa shape index (κ1) is 32.0. The zero-order valence-corrected chi connectivity index (χ0v) is 25.4. The summed E-state index contributed by atoms with van der Waals surface area (Å²) in [6.45, 7) is 5.73. The molecule has 2 aromatic rings. The number of benzene rings is 1. The summed E-state index contributed by atoms with van der Waals surface area (Å²) < 4.78 is 4.96. The number of rotatable bonds is 25. The van der Waals surface area contributed by atoms with E-state index in [4.69, 9.17) is 0 Å². The van der Waals surface area contributed by atoms with Gasteiger partial charge in [0.05, 0.1) is 12.1 Å². The van der Waals surface area contributed by atoms with Gasteiger partial charge in [-0.3, -0.25) is 0 Å². The van der Waals surface area contributed by atoms with Crippen LogP contribution in [0.3, 0.4) is 0 Å². The average Bonchev–Trinajstić information content (AvgIpc) is 3.33. The second-order valence-electron chi connectivity index (χ2n) is 11.1. The molecule has 0 amide bonds. The molecule has 0 aliphatic rings. The van der Waals surface area contributed by atoms with Crippen molar-refractivity contribution in [3.63, 3.8) is 0 Å². The Kier molecular flexibility index (Phi) is 19.7. The largest absolute Gasteiger partial charge is 0.289 e. The first-order valence-corrected chi connectivity index (χ1v) is 17.2. The van der Waals surface area contributed by atoms with E-state index >= 15 is 0 Å². The summed E-state index contributed by atoms with van der Waals surface area (Å²) in [5, 5.41) is 0. The van der Waals surface area contributed by atoms with Gasteiger partial charge >= 0.3 is 0 Å². The van der Waals surface area contributed by atoms with Crippen LogP contribution in [0, 0.1) is 0 Å². The molecule has 0 atom stereocenters. The molecule has 3 heteroatoms. The van der Waals surface area contributed by atoms with Crippen LogP contribution in [0.25, 0.3) is 11.4 Å². The van der Waals surface area contributed by atoms with Crippen LogP contribution in [0.5, 0.6) is 0 Å². The summed E-state index contributed by atoms with van der Waals surface area (Å²) in [6, 6.07) is 11.0. The molecule has 0 saturated carbocycles. The maximum Gasteiger partial charge on any atom is 0.289 e. The van der Waals surface area contributed by atoms with Gasteiger partial charge in [0, 0.05) is 0 Å². The van der Waals surface area contributed by atoms with Gasteiger partial charge in [-0.1, -0.05) is 141 Å². The Morgan fingerprint density at radius 3 is 1.62 bits per heavy atom. The standard InChI is InChI=1S/C34H59N2S/c1-3-5-7-9-11-12-13-14-15-16-17-18-20-25-31-37-32-36-30-29-35(28-24-19-10-8-6-4-2)34(36)33-26-22-21-23-27-33/h21-23,26-27,29-30H,3-20,24-25,28,31-32H2,1-2H3/q+1. The van der Waals surface area contributed by atoms with Crippen molar-refractivity contribution in [3.05, 3.63) is 42.7 Å². The summed E-state index contributed by atoms with van der Waals surface area (Å²) in [7, 11) is 0. The maximum atomic E-state index is 2.49. The van der Waals surface area contributed by atoms with Gasteiger partial charge in [-0.15, -0.1) is 11.8 Å². The highest BCUT2D eigenvalue weighted by Crippen LogP contribution is 2.19. The van der Waals surface area contributed by atoms with E-state index in [9.17, 15) is 0 Å². The smallest absolute Gasteiger partial charge is 0.230 e. The Morgan fingerprint density at radius 1 is 0.595 bits per heavy atom. The number of aromatic nitrogens is 2. The van der Waals surface area contributed by atoms with Crippen molar-refractivity contribution in [2.75, 3.05) is 5.75 Å². The Morgan fingerprint density at radius 2 is 1.08 bits per heavy atom. The number of thioether (sulfide) groups is 1. The normalized spacial score (nSPS) is 11.4. The summed E-state index contributed by atoms with van der Waals surface area (Å²) in [5.74, 6) is 3.72. The fourth-order valence-electron chi connectivity index (χ4n) is 5.29. The fourth-order valence-corrected chi connectivity index (χ4v) is 6.24. The summed E-state index contributed by atoms with van der Waals surface area (Å²) in [4.78, 5) is 0. The van der Waals surface area contributed by atoms with E-state index in [0.717, 1.165) is 12.4 Å². The molecule has 37 heavy (non-hydrogen) atoms. The summed E-state index contributed by atoms with van der Waals surface area (Å²) in [6.07, 6.45) is 32.8. The van der Waals surface area contributed by atoms with Gasteiger partial charge in [0.25, 0.3) is 5.82 Å². The average molecular weight is 528 g/mol. The molecule has 0 bridgehead atoms. The van der Waals surface area contributed by atoms with E-state index in [1.54, 1.807) is 0 Å². The van der Waals surface area contributed by atoms with Gasteiger partial charge in [-0.05, 0) is 37.1 Å². The zero-order chi connectivity index (χ0) is 26.2. The molecule has 0 aliphatic heterocycles. The van der Waals surface area contributed by atoms with Crippen LogP contribution in [0.15, 0.2) is 42.7 Å². The SMILES string of the molecule is CCCCCCCCCCCCCCCCSC[n+]1ccn(CCCCCCCC)c1-c1ccccc1. The highest BCUT2D eigenvalue weighted by Gasteiger charge is 2.18. The predicted molar refractivity (Wildman–Crippen MR) is 166 cm³/mol. The number of hydrogen-bond donors (Lipinski definition) is 0. The van der Waals surface area contributed by atoms with E-state index in [1.165, 1.54) is 146 Å². The van der Waals surface area contributed by atoms with Crippen molar-refractivity contribution in [1.82, 2.24) is 4.57 Å². The van der Waals surface area contributed by atoms with Crippen molar-refractivity contribution >= 4 is 11.8 Å². The van der Waals surface area contributed by atoms with Crippen molar-refractivity contribution in [2.45, 2.75) is 155 Å². The van der Waals surface area contributed by atoms with E-state index < -0.39 is 0 Å². The highest BCUT2D eigenvalue weighted by atomic mass is 32.2. The minimum Gasteiger partial charge on any atom is -0.230 e. The molecule has 1 aromatic heterocycles. The van der Waals surface area contributed by atoms with Crippen LogP contribution in [0.1, 0.15) is 142 Å². The van der Waals surface area contributed by atoms with Gasteiger partial charge in [0.1, 0.15) is 18.3 Å². The third-order valence-corrected chi connectivity index (χ3v) is 8.67. The minimum atomic E-state index is 1.06. The molecule has 2 nitrogen and oxygen atoms in total. The van der Waals surface area contributed by atoms with E-state index in [2.05, 4.69) is 77.5 Å². The molecular weight excluding hydrogens is 468 g/mol. The van der Waals surface area contributed by atoms with Gasteiger partial charge < -0.3 is 0 Å². The van der Waals surface area contributed by atoms with Gasteiger partial charge in [-0.2, -0.15) is 0 Å². The van der Waals surface area contributed by atoms with Crippen LogP contribution < -0.4 is 4.57 Å². The second kappa shape index (κ2) is 22.7. The number of nitrogens with zero attached hydrogens (tertiary/aromatic N) is 2. The first-order valence-electron chi connectivity index (χ1n) is 16.1. The molecule has 0 spiro atoms. The molecule has 0 saturated heterocycles. The van der Waals surface area contributed by atoms with Crippen molar-refractivity contribution in [3.8, 4) is 11.4 Å². The molecule has 1 aromatic carbocycles. The highest BCUT2D eigenvalue weighted by molar-refractivity contribution is 7.98. The van der Waals surface area contributed by atoms with E-state index in [1.807, 2.05) is 0 Å². The second-order valence-corrected chi connectivity index (χ2v) is 12.1. The van der Waals surface area contributed by atoms with Crippen molar-refractivity contribution < 1.29 is 4.57 Å². The van der Waals surface area contributed by atoms with Crippen LogP contribution in [0.4, 0.5) is 0 Å². The third kappa shape index (κ3) is 15.1. The van der Waals surface area contributed by atoms with Crippen LogP contribution in [-0.4, -0.2) is 10.3 Å². The molecule has 0 N–H and O–H groups in total. The van der Waals surface area contributed by atoms with Gasteiger partial charge in [0.15, 0.2) is 0 Å². The lowest BCUT2D eigenvalue weighted by molar-refractivity contribution is -0.664. The van der Waals surface area contributed by atoms with Crippen LogP contribution in [0.2, 0.25) is 0 Å². The van der Waals surface area contributed by atoms with Crippen molar-refractivity contribution in [1.29, 1.82) is 0 Å². The quantitative estimate of drug-likeness (QED) is 0.0921. The Labute approximate surface area is 235 Å². The van der Waals surface area contributed by atoms with Gasteiger partial charge in [-0.25, -0.2) is 9.13 Å². The molecule has 1 heterocycles. The van der Waals surface area contributed by atoms with Crippen molar-refractivity contribution in [2.24, 2.45) is 0 Å². The number of hydrogen-bond acceptors (Lipinski definition) is 1. The summed E-state index contributed by atoms with van der Waals surface area (Å²) >= 11 is 2.10. The number of aryl methyl sites for hydroxylation is 1. The Balaban J connectivity index is 1.57. The lowest BCUT2D eigenvalue weighted by Gasteiger charge is -2.06. The van der Waals surface area contributed by atoms with Crippen LogP contribution in [-0.2, 0) is 12.4 Å². The summed E-state index contributed by atoms with van der Waals surface area (Å²) in [5.41, 5.74) is 1.34. The zero-order valence-electron chi connectivity index (χ0n) is 24.6. The molecular formula is C34H59N2S+. The topological polar surface area (TPSA) is 8.81 Å².